The summed E-state index contributed by atoms with van der Waals surface area (Å²) in [6.45, 7) is 4.51. The smallest absolute Gasteiger partial charge is 0.462 e. The maximum absolute atomic E-state index is 12.9. The van der Waals surface area contributed by atoms with Gasteiger partial charge in [0.05, 0.1) is 27.7 Å². The highest BCUT2D eigenvalue weighted by Gasteiger charge is 2.27. The van der Waals surface area contributed by atoms with Crippen LogP contribution in [0.15, 0.2) is 36.5 Å². The van der Waals surface area contributed by atoms with Crippen molar-refractivity contribution >= 4 is 19.8 Å². The van der Waals surface area contributed by atoms with Crippen molar-refractivity contribution in [2.75, 3.05) is 47.5 Å². The van der Waals surface area contributed by atoms with E-state index in [4.69, 9.17) is 18.5 Å². The summed E-state index contributed by atoms with van der Waals surface area (Å²) in [6.07, 6.45) is 102. The summed E-state index contributed by atoms with van der Waals surface area (Å²) in [7, 11) is 1.51. The molecule has 0 fully saturated rings. The largest absolute Gasteiger partial charge is 0.472 e. The van der Waals surface area contributed by atoms with E-state index in [1.54, 1.807) is 0 Å². The molecule has 96 heavy (non-hydrogen) atoms. The van der Waals surface area contributed by atoms with Gasteiger partial charge in [-0.15, -0.1) is 0 Å². The summed E-state index contributed by atoms with van der Waals surface area (Å²) >= 11 is 0. The van der Waals surface area contributed by atoms with E-state index in [0.29, 0.717) is 17.4 Å². The van der Waals surface area contributed by atoms with Gasteiger partial charge in [-0.05, 0) is 70.6 Å². The van der Waals surface area contributed by atoms with E-state index in [-0.39, 0.29) is 25.6 Å². The Morgan fingerprint density at radius 2 is 0.562 bits per heavy atom. The van der Waals surface area contributed by atoms with Crippen molar-refractivity contribution in [1.29, 1.82) is 0 Å². The molecule has 0 aromatic heterocycles. The van der Waals surface area contributed by atoms with Crippen molar-refractivity contribution in [3.8, 4) is 0 Å². The molecule has 0 aromatic rings. The summed E-state index contributed by atoms with van der Waals surface area (Å²) < 4.78 is 34.9. The van der Waals surface area contributed by atoms with Crippen LogP contribution >= 0.6 is 7.82 Å². The van der Waals surface area contributed by atoms with E-state index >= 15 is 0 Å². The molecular weight excluding hydrogens is 1210 g/mol. The molecule has 0 bridgehead atoms. The van der Waals surface area contributed by atoms with E-state index in [1.165, 1.54) is 379 Å². The Morgan fingerprint density at radius 3 is 0.833 bits per heavy atom. The minimum atomic E-state index is -4.39. The number of carbonyl (C=O) groups is 2. The van der Waals surface area contributed by atoms with Crippen LogP contribution in [0, 0.1) is 0 Å². The highest BCUT2D eigenvalue weighted by atomic mass is 31.2. The molecule has 568 valence electrons. The number of unbranched alkanes of at least 4 members (excludes halogenated alkanes) is 61. The quantitative estimate of drug-likeness (QED) is 0.0211. The lowest BCUT2D eigenvalue weighted by atomic mass is 10.0. The molecule has 0 spiro atoms. The van der Waals surface area contributed by atoms with Crippen molar-refractivity contribution in [3.05, 3.63) is 36.5 Å². The lowest BCUT2D eigenvalue weighted by Gasteiger charge is -2.24. The fraction of sp³-hybridized carbons (Fsp3) is 0.907. The second-order valence-electron chi connectivity index (χ2n) is 30.6. The molecule has 0 radical (unpaired) electrons. The maximum Gasteiger partial charge on any atom is 0.472 e. The molecule has 0 amide bonds. The molecule has 0 heterocycles. The first kappa shape index (κ1) is 94.2. The SMILES string of the molecule is CCCCCCC/C=C\C/C=C\CCCCCCCCCCCCCCCCCCCCCCCCCCCC(=O)OC(COC(=O)CCCCCCCCCCCCCCCCCCCCCCCCC/C=C\CCCCCCCCCC)COP(=O)(O)OCC[N+](C)(C)C. The molecular formula is C86H167NO8P+. The number of hydrogen-bond donors (Lipinski definition) is 1. The molecule has 9 nitrogen and oxygen atoms in total. The molecule has 0 aliphatic heterocycles. The second kappa shape index (κ2) is 77.4. The zero-order valence-electron chi connectivity index (χ0n) is 65.2. The maximum atomic E-state index is 12.9. The van der Waals surface area contributed by atoms with Crippen molar-refractivity contribution in [3.63, 3.8) is 0 Å². The van der Waals surface area contributed by atoms with E-state index in [0.717, 1.165) is 44.9 Å². The number of carbonyl (C=O) groups excluding carboxylic acids is 2. The van der Waals surface area contributed by atoms with Gasteiger partial charge in [-0.3, -0.25) is 18.6 Å². The second-order valence-corrected chi connectivity index (χ2v) is 32.0. The number of rotatable bonds is 81. The van der Waals surface area contributed by atoms with Crippen LogP contribution in [0.2, 0.25) is 0 Å². The Labute approximate surface area is 599 Å². The van der Waals surface area contributed by atoms with Crippen LogP contribution in [-0.4, -0.2) is 74.9 Å². The van der Waals surface area contributed by atoms with Gasteiger partial charge in [0.1, 0.15) is 19.8 Å². The molecule has 0 aliphatic rings. The van der Waals surface area contributed by atoms with Crippen LogP contribution < -0.4 is 0 Å². The minimum absolute atomic E-state index is 0.0358. The highest BCUT2D eigenvalue weighted by Crippen LogP contribution is 2.43. The van der Waals surface area contributed by atoms with Crippen molar-refractivity contribution < 1.29 is 42.1 Å². The zero-order valence-corrected chi connectivity index (χ0v) is 66.0. The Balaban J connectivity index is 3.87. The molecule has 1 N–H and O–H groups in total. The molecule has 0 saturated heterocycles. The highest BCUT2D eigenvalue weighted by molar-refractivity contribution is 7.47. The first-order valence-corrected chi connectivity index (χ1v) is 44.2. The number of phosphoric acid groups is 1. The van der Waals surface area contributed by atoms with Gasteiger partial charge in [0.2, 0.25) is 0 Å². The van der Waals surface area contributed by atoms with Gasteiger partial charge in [0, 0.05) is 12.8 Å². The molecule has 0 aliphatic carbocycles. The molecule has 0 aromatic carbocycles. The molecule has 2 atom stereocenters. The van der Waals surface area contributed by atoms with Gasteiger partial charge < -0.3 is 18.9 Å². The van der Waals surface area contributed by atoms with Crippen LogP contribution in [0.3, 0.4) is 0 Å². The molecule has 10 heteroatoms. The summed E-state index contributed by atoms with van der Waals surface area (Å²) in [4.78, 5) is 36.0. The Morgan fingerprint density at radius 1 is 0.323 bits per heavy atom. The van der Waals surface area contributed by atoms with Crippen LogP contribution in [-0.2, 0) is 32.7 Å². The fourth-order valence-electron chi connectivity index (χ4n) is 13.1. The lowest BCUT2D eigenvalue weighted by molar-refractivity contribution is -0.870. The summed E-state index contributed by atoms with van der Waals surface area (Å²) in [5, 5.41) is 0. The van der Waals surface area contributed by atoms with Crippen LogP contribution in [0.5, 0.6) is 0 Å². The van der Waals surface area contributed by atoms with E-state index < -0.39 is 26.5 Å². The number of likely N-dealkylation sites (N-methyl/N-ethyl adjacent to an activating group) is 1. The predicted molar refractivity (Wildman–Crippen MR) is 418 cm³/mol. The number of hydrogen-bond acceptors (Lipinski definition) is 7. The number of nitrogens with zero attached hydrogens (tertiary/aromatic N) is 1. The normalized spacial score (nSPS) is 13.1. The number of ether oxygens (including phenoxy) is 2. The van der Waals surface area contributed by atoms with Crippen molar-refractivity contribution in [2.24, 2.45) is 0 Å². The summed E-state index contributed by atoms with van der Waals surface area (Å²) in [6, 6.07) is 0. The number of phosphoric ester groups is 1. The van der Waals surface area contributed by atoms with Crippen LogP contribution in [0.4, 0.5) is 0 Å². The zero-order chi connectivity index (χ0) is 69.7. The molecule has 0 saturated carbocycles. The standard InChI is InChI=1S/C86H166NO8P/c1-6-8-10-12-14-16-18-20-22-24-26-28-30-32-34-36-38-40-42-43-45-47-49-51-53-55-57-59-61-63-65-67-69-71-73-75-77-79-86(89)95-84(83-94-96(90,91)93-81-80-87(3,4)5)82-92-85(88)78-76-74-72-70-68-66-64-62-60-58-56-54-52-50-48-46-44-41-39-37-35-33-31-29-27-25-23-21-19-17-15-13-11-9-7-2/h18,20,24-27,84H,6-17,19,21-23,28-83H2,1-5H3/p+1/b20-18-,26-24-,27-25-. The van der Waals surface area contributed by atoms with Crippen molar-refractivity contribution in [1.82, 2.24) is 0 Å². The summed E-state index contributed by atoms with van der Waals surface area (Å²) in [5.74, 6) is -0.768. The number of allylic oxidation sites excluding steroid dienone is 6. The number of quaternary nitrogens is 1. The van der Waals surface area contributed by atoms with Gasteiger partial charge in [0.25, 0.3) is 0 Å². The Kier molecular flexibility index (Phi) is 76.0. The predicted octanol–water partition coefficient (Wildman–Crippen LogP) is 28.5. The fourth-order valence-corrected chi connectivity index (χ4v) is 13.9. The van der Waals surface area contributed by atoms with Gasteiger partial charge in [-0.25, -0.2) is 4.57 Å². The Bertz CT molecular complexity index is 1710. The third-order valence-electron chi connectivity index (χ3n) is 19.6. The van der Waals surface area contributed by atoms with Crippen LogP contribution in [0.25, 0.3) is 0 Å². The van der Waals surface area contributed by atoms with Crippen molar-refractivity contribution in [2.45, 2.75) is 457 Å². The van der Waals surface area contributed by atoms with E-state index in [2.05, 4.69) is 50.3 Å². The molecule has 0 rings (SSSR count). The van der Waals surface area contributed by atoms with E-state index in [1.807, 2.05) is 21.1 Å². The number of esters is 2. The topological polar surface area (TPSA) is 108 Å². The van der Waals surface area contributed by atoms with Gasteiger partial charge in [0.15, 0.2) is 6.10 Å². The third-order valence-corrected chi connectivity index (χ3v) is 20.6. The third kappa shape index (κ3) is 81.2. The first-order chi connectivity index (χ1) is 47.0. The van der Waals surface area contributed by atoms with Gasteiger partial charge in [-0.1, -0.05) is 403 Å². The van der Waals surface area contributed by atoms with Gasteiger partial charge in [-0.2, -0.15) is 0 Å². The van der Waals surface area contributed by atoms with E-state index in [9.17, 15) is 19.0 Å². The lowest BCUT2D eigenvalue weighted by Crippen LogP contribution is -2.37. The average Bonchev–Trinajstić information content (AvgIpc) is 2.72. The first-order valence-electron chi connectivity index (χ1n) is 42.7. The molecule has 2 unspecified atom stereocenters. The average molecular weight is 1370 g/mol. The Hall–Kier alpha value is -1.77. The van der Waals surface area contributed by atoms with Gasteiger partial charge >= 0.3 is 19.8 Å². The summed E-state index contributed by atoms with van der Waals surface area (Å²) in [5.41, 5.74) is 0. The van der Waals surface area contributed by atoms with Crippen LogP contribution in [0.1, 0.15) is 450 Å². The minimum Gasteiger partial charge on any atom is -0.462 e. The monoisotopic (exact) mass is 1370 g/mol.